The average Bonchev–Trinajstić information content (AvgIpc) is 2.28. The van der Waals surface area contributed by atoms with Crippen molar-refractivity contribution in [2.45, 2.75) is 19.4 Å². The van der Waals surface area contributed by atoms with E-state index in [0.717, 1.165) is 0 Å². The van der Waals surface area contributed by atoms with Gasteiger partial charge in [0.05, 0.1) is 19.8 Å². The summed E-state index contributed by atoms with van der Waals surface area (Å²) in [5.74, 6) is 0.936. The molecule has 0 amide bonds. The molecule has 98 valence electrons. The highest BCUT2D eigenvalue weighted by atomic mass is 35.5. The first-order valence-electron chi connectivity index (χ1n) is 4.94. The molecule has 0 unspecified atom stereocenters. The Balaban J connectivity index is 0.00000256. The van der Waals surface area contributed by atoms with E-state index in [-0.39, 0.29) is 12.4 Å². The number of benzene rings is 1. The number of methoxy groups -OCH3 is 1. The standard InChI is InChI=1S/C11H15F2NO2.ClH/c1-3-16-9-6-7(10(14)11(12)13)4-5-8(9)15-2;/h4-6,10-11H,3,14H2,1-2H3;1H/t10-;/m0./s1. The van der Waals surface area contributed by atoms with E-state index in [4.69, 9.17) is 15.2 Å². The van der Waals surface area contributed by atoms with Gasteiger partial charge in [0, 0.05) is 0 Å². The topological polar surface area (TPSA) is 44.5 Å². The summed E-state index contributed by atoms with van der Waals surface area (Å²) < 4.78 is 35.1. The van der Waals surface area contributed by atoms with Gasteiger partial charge >= 0.3 is 0 Å². The highest BCUT2D eigenvalue weighted by Gasteiger charge is 2.19. The van der Waals surface area contributed by atoms with Crippen LogP contribution in [0.3, 0.4) is 0 Å². The van der Waals surface area contributed by atoms with E-state index in [1.54, 1.807) is 13.0 Å². The molecule has 1 rings (SSSR count). The van der Waals surface area contributed by atoms with Crippen LogP contribution >= 0.6 is 12.4 Å². The van der Waals surface area contributed by atoms with Gasteiger partial charge in [0.25, 0.3) is 6.43 Å². The summed E-state index contributed by atoms with van der Waals surface area (Å²) in [7, 11) is 1.49. The molecule has 0 aliphatic carbocycles. The molecule has 0 aliphatic rings. The van der Waals surface area contributed by atoms with E-state index in [9.17, 15) is 8.78 Å². The summed E-state index contributed by atoms with van der Waals surface area (Å²) in [5, 5.41) is 0. The first-order valence-corrected chi connectivity index (χ1v) is 4.94. The molecule has 0 saturated heterocycles. The SMILES string of the molecule is CCOc1cc([C@H](N)C(F)F)ccc1OC.Cl. The van der Waals surface area contributed by atoms with Gasteiger partial charge in [0.1, 0.15) is 0 Å². The zero-order chi connectivity index (χ0) is 12.1. The molecular weight excluding hydrogens is 252 g/mol. The van der Waals surface area contributed by atoms with E-state index in [0.29, 0.717) is 23.7 Å². The Kier molecular flexibility index (Phi) is 6.83. The van der Waals surface area contributed by atoms with Crippen LogP contribution in [0.2, 0.25) is 0 Å². The molecule has 0 aliphatic heterocycles. The van der Waals surface area contributed by atoms with Crippen LogP contribution in [0.25, 0.3) is 0 Å². The number of nitrogens with two attached hydrogens (primary N) is 1. The Morgan fingerprint density at radius 2 is 1.94 bits per heavy atom. The maximum Gasteiger partial charge on any atom is 0.257 e. The summed E-state index contributed by atoms with van der Waals surface area (Å²) in [6.07, 6.45) is -2.59. The Bertz CT molecular complexity index is 350. The second-order valence-corrected chi connectivity index (χ2v) is 3.20. The third-order valence-corrected chi connectivity index (χ3v) is 2.14. The zero-order valence-electron chi connectivity index (χ0n) is 9.65. The fourth-order valence-corrected chi connectivity index (χ4v) is 1.31. The second-order valence-electron chi connectivity index (χ2n) is 3.20. The first kappa shape index (κ1) is 15.9. The van der Waals surface area contributed by atoms with Crippen LogP contribution in [0.1, 0.15) is 18.5 Å². The average molecular weight is 268 g/mol. The maximum absolute atomic E-state index is 12.4. The summed E-state index contributed by atoms with van der Waals surface area (Å²) in [4.78, 5) is 0. The van der Waals surface area contributed by atoms with E-state index >= 15 is 0 Å². The van der Waals surface area contributed by atoms with Crippen LogP contribution in [0, 0.1) is 0 Å². The molecule has 0 fully saturated rings. The Morgan fingerprint density at radius 3 is 2.41 bits per heavy atom. The lowest BCUT2D eigenvalue weighted by molar-refractivity contribution is 0.116. The molecule has 0 radical (unpaired) electrons. The van der Waals surface area contributed by atoms with Crippen molar-refractivity contribution in [3.8, 4) is 11.5 Å². The molecule has 1 aromatic carbocycles. The molecule has 17 heavy (non-hydrogen) atoms. The van der Waals surface area contributed by atoms with E-state index in [1.807, 2.05) is 0 Å². The lowest BCUT2D eigenvalue weighted by Crippen LogP contribution is -2.18. The van der Waals surface area contributed by atoms with E-state index in [1.165, 1.54) is 19.2 Å². The first-order chi connectivity index (χ1) is 7.60. The molecular formula is C11H16ClF2NO2. The van der Waals surface area contributed by atoms with Gasteiger partial charge in [-0.05, 0) is 24.6 Å². The van der Waals surface area contributed by atoms with Crippen molar-refractivity contribution in [3.05, 3.63) is 23.8 Å². The quantitative estimate of drug-likeness (QED) is 0.892. The third kappa shape index (κ3) is 4.02. The minimum atomic E-state index is -2.59. The molecule has 6 heteroatoms. The normalized spacial score (nSPS) is 11.9. The molecule has 3 nitrogen and oxygen atoms in total. The van der Waals surface area contributed by atoms with Gasteiger partial charge in [-0.2, -0.15) is 0 Å². The van der Waals surface area contributed by atoms with Crippen LogP contribution < -0.4 is 15.2 Å². The van der Waals surface area contributed by atoms with Gasteiger partial charge in [-0.15, -0.1) is 12.4 Å². The highest BCUT2D eigenvalue weighted by molar-refractivity contribution is 5.85. The Labute approximate surface area is 105 Å². The van der Waals surface area contributed by atoms with Gasteiger partial charge in [0.2, 0.25) is 0 Å². The fourth-order valence-electron chi connectivity index (χ4n) is 1.31. The lowest BCUT2D eigenvalue weighted by Gasteiger charge is -2.14. The molecule has 0 heterocycles. The number of ether oxygens (including phenoxy) is 2. The van der Waals surface area contributed by atoms with Gasteiger partial charge in [0.15, 0.2) is 11.5 Å². The zero-order valence-corrected chi connectivity index (χ0v) is 10.5. The van der Waals surface area contributed by atoms with Crippen molar-refractivity contribution in [1.82, 2.24) is 0 Å². The summed E-state index contributed by atoms with van der Waals surface area (Å²) in [6.45, 7) is 2.24. The summed E-state index contributed by atoms with van der Waals surface area (Å²) >= 11 is 0. The molecule has 1 aromatic rings. The maximum atomic E-state index is 12.4. The van der Waals surface area contributed by atoms with Crippen LogP contribution in [0.4, 0.5) is 8.78 Å². The lowest BCUT2D eigenvalue weighted by atomic mass is 10.1. The van der Waals surface area contributed by atoms with E-state index in [2.05, 4.69) is 0 Å². The van der Waals surface area contributed by atoms with Crippen molar-refractivity contribution in [3.63, 3.8) is 0 Å². The van der Waals surface area contributed by atoms with Crippen LogP contribution in [-0.2, 0) is 0 Å². The number of rotatable bonds is 5. The van der Waals surface area contributed by atoms with Crippen molar-refractivity contribution in [2.24, 2.45) is 5.73 Å². The molecule has 1 atom stereocenters. The molecule has 0 saturated carbocycles. The molecule has 0 spiro atoms. The largest absolute Gasteiger partial charge is 0.493 e. The smallest absolute Gasteiger partial charge is 0.257 e. The predicted molar refractivity (Wildman–Crippen MR) is 64.3 cm³/mol. The highest BCUT2D eigenvalue weighted by Crippen LogP contribution is 2.31. The predicted octanol–water partition coefficient (Wildman–Crippen LogP) is 2.78. The minimum Gasteiger partial charge on any atom is -0.493 e. The van der Waals surface area contributed by atoms with Gasteiger partial charge in [-0.3, -0.25) is 0 Å². The van der Waals surface area contributed by atoms with Crippen molar-refractivity contribution in [2.75, 3.05) is 13.7 Å². The minimum absolute atomic E-state index is 0. The van der Waals surface area contributed by atoms with Gasteiger partial charge in [-0.25, -0.2) is 8.78 Å². The van der Waals surface area contributed by atoms with Crippen LogP contribution in [0.5, 0.6) is 11.5 Å². The van der Waals surface area contributed by atoms with Crippen LogP contribution in [0.15, 0.2) is 18.2 Å². The van der Waals surface area contributed by atoms with Crippen molar-refractivity contribution < 1.29 is 18.3 Å². The Morgan fingerprint density at radius 1 is 1.29 bits per heavy atom. The van der Waals surface area contributed by atoms with Crippen molar-refractivity contribution >= 4 is 12.4 Å². The van der Waals surface area contributed by atoms with Gasteiger partial charge < -0.3 is 15.2 Å². The molecule has 0 bridgehead atoms. The third-order valence-electron chi connectivity index (χ3n) is 2.14. The molecule has 0 aromatic heterocycles. The van der Waals surface area contributed by atoms with Crippen LogP contribution in [-0.4, -0.2) is 20.1 Å². The number of alkyl halides is 2. The van der Waals surface area contributed by atoms with Gasteiger partial charge in [-0.1, -0.05) is 6.07 Å². The summed E-state index contributed by atoms with van der Waals surface area (Å²) in [6, 6.07) is 3.27. The summed E-state index contributed by atoms with van der Waals surface area (Å²) in [5.41, 5.74) is 5.68. The number of hydrogen-bond acceptors (Lipinski definition) is 3. The number of hydrogen-bond donors (Lipinski definition) is 1. The second kappa shape index (κ2) is 7.29. The Hall–Kier alpha value is -1.07. The molecule has 2 N–H and O–H groups in total. The number of halogens is 3. The van der Waals surface area contributed by atoms with E-state index < -0.39 is 12.5 Å². The fraction of sp³-hybridized carbons (Fsp3) is 0.455. The monoisotopic (exact) mass is 267 g/mol. The van der Waals surface area contributed by atoms with Crippen molar-refractivity contribution in [1.29, 1.82) is 0 Å².